The van der Waals surface area contributed by atoms with Crippen LogP contribution < -0.4 is 0 Å². The smallest absolute Gasteiger partial charge is 0.0802 e. The van der Waals surface area contributed by atoms with Crippen LogP contribution in [0.5, 0.6) is 0 Å². The van der Waals surface area contributed by atoms with Gasteiger partial charge >= 0.3 is 0 Å². The van der Waals surface area contributed by atoms with Crippen LogP contribution in [0.15, 0.2) is 30.3 Å². The molecule has 3 heteroatoms. The van der Waals surface area contributed by atoms with E-state index in [2.05, 4.69) is 31.9 Å². The largest absolute Gasteiger partial charge is 0.391 e. The van der Waals surface area contributed by atoms with Crippen molar-refractivity contribution < 1.29 is 5.11 Å². The molecule has 1 rings (SSSR count). The lowest BCUT2D eigenvalue weighted by Crippen LogP contribution is -2.14. The Bertz CT molecular complexity index is 225. The number of alkyl halides is 2. The zero-order valence-corrected chi connectivity index (χ0v) is 9.62. The van der Waals surface area contributed by atoms with Gasteiger partial charge in [0.15, 0.2) is 0 Å². The molecular weight excluding hydrogens is 284 g/mol. The molecule has 0 aliphatic heterocycles. The lowest BCUT2D eigenvalue weighted by Gasteiger charge is -2.14. The van der Waals surface area contributed by atoms with E-state index in [9.17, 15) is 5.11 Å². The molecule has 66 valence electrons. The van der Waals surface area contributed by atoms with Crippen LogP contribution in [0.3, 0.4) is 0 Å². The first-order chi connectivity index (χ1) is 5.75. The molecule has 1 nitrogen and oxygen atoms in total. The standard InChI is InChI=1S/C9H10Br2O/c10-6-8(12)9(11)7-4-2-1-3-5-7/h1-5,8-9,12H,6H2/t8-,9-/m0/s1. The Balaban J connectivity index is 2.71. The maximum Gasteiger partial charge on any atom is 0.0802 e. The van der Waals surface area contributed by atoms with Crippen LogP contribution in [0.1, 0.15) is 10.4 Å². The number of benzene rings is 1. The van der Waals surface area contributed by atoms with E-state index >= 15 is 0 Å². The SMILES string of the molecule is O[C@@H](CBr)[C@@H](Br)c1ccccc1. The summed E-state index contributed by atoms with van der Waals surface area (Å²) in [5.74, 6) is 0. The van der Waals surface area contributed by atoms with Crippen molar-refractivity contribution in [2.24, 2.45) is 0 Å². The normalized spacial score (nSPS) is 15.6. The summed E-state index contributed by atoms with van der Waals surface area (Å²) in [6.45, 7) is 0. The summed E-state index contributed by atoms with van der Waals surface area (Å²) in [7, 11) is 0. The number of aliphatic hydroxyl groups excluding tert-OH is 1. The third kappa shape index (κ3) is 2.57. The molecule has 0 saturated heterocycles. The fourth-order valence-corrected chi connectivity index (χ4v) is 2.30. The van der Waals surface area contributed by atoms with Crippen molar-refractivity contribution in [3.05, 3.63) is 35.9 Å². The first kappa shape index (κ1) is 10.2. The van der Waals surface area contributed by atoms with E-state index in [1.807, 2.05) is 30.3 Å². The number of hydrogen-bond acceptors (Lipinski definition) is 1. The molecule has 0 amide bonds. The van der Waals surface area contributed by atoms with Gasteiger partial charge in [-0.2, -0.15) is 0 Å². The second kappa shape index (κ2) is 5.00. The minimum absolute atomic E-state index is 0.0121. The van der Waals surface area contributed by atoms with Gasteiger partial charge in [-0.15, -0.1) is 0 Å². The molecule has 0 saturated carbocycles. The van der Waals surface area contributed by atoms with Crippen LogP contribution in [-0.4, -0.2) is 16.5 Å². The van der Waals surface area contributed by atoms with Gasteiger partial charge in [-0.3, -0.25) is 0 Å². The molecule has 0 heterocycles. The van der Waals surface area contributed by atoms with Crippen LogP contribution in [0.4, 0.5) is 0 Å². The Labute approximate surface area is 89.1 Å². The minimum atomic E-state index is -0.382. The van der Waals surface area contributed by atoms with Gasteiger partial charge in [0, 0.05) is 5.33 Å². The predicted octanol–water partition coefficient (Wildman–Crippen LogP) is 2.88. The van der Waals surface area contributed by atoms with Crippen LogP contribution in [0.25, 0.3) is 0 Å². The van der Waals surface area contributed by atoms with Crippen LogP contribution in [-0.2, 0) is 0 Å². The zero-order valence-electron chi connectivity index (χ0n) is 6.45. The Hall–Kier alpha value is 0.140. The van der Waals surface area contributed by atoms with Gasteiger partial charge in [-0.1, -0.05) is 62.2 Å². The van der Waals surface area contributed by atoms with Crippen LogP contribution in [0.2, 0.25) is 0 Å². The Morgan fingerprint density at radius 2 is 1.83 bits per heavy atom. The highest BCUT2D eigenvalue weighted by Gasteiger charge is 2.15. The van der Waals surface area contributed by atoms with Gasteiger partial charge in [0.25, 0.3) is 0 Å². The molecule has 1 aromatic rings. The molecule has 0 fully saturated rings. The lowest BCUT2D eigenvalue weighted by atomic mass is 10.1. The first-order valence-corrected chi connectivity index (χ1v) is 5.72. The molecule has 2 atom stereocenters. The molecule has 0 aliphatic rings. The fraction of sp³-hybridized carbons (Fsp3) is 0.333. The summed E-state index contributed by atoms with van der Waals surface area (Å²) in [6.07, 6.45) is -0.382. The molecule has 0 radical (unpaired) electrons. The van der Waals surface area contributed by atoms with E-state index in [1.54, 1.807) is 0 Å². The minimum Gasteiger partial charge on any atom is -0.391 e. The highest BCUT2D eigenvalue weighted by atomic mass is 79.9. The highest BCUT2D eigenvalue weighted by molar-refractivity contribution is 9.09. The Kier molecular flexibility index (Phi) is 4.26. The number of aliphatic hydroxyl groups is 1. The predicted molar refractivity (Wildman–Crippen MR) is 57.9 cm³/mol. The van der Waals surface area contributed by atoms with E-state index in [0.29, 0.717) is 5.33 Å². The van der Waals surface area contributed by atoms with Crippen molar-refractivity contribution in [3.8, 4) is 0 Å². The summed E-state index contributed by atoms with van der Waals surface area (Å²) in [6, 6.07) is 9.87. The number of rotatable bonds is 3. The monoisotopic (exact) mass is 292 g/mol. The molecule has 0 aliphatic carbocycles. The third-order valence-corrected chi connectivity index (χ3v) is 3.42. The van der Waals surface area contributed by atoms with Crippen molar-refractivity contribution in [1.29, 1.82) is 0 Å². The summed E-state index contributed by atoms with van der Waals surface area (Å²) in [5.41, 5.74) is 1.10. The summed E-state index contributed by atoms with van der Waals surface area (Å²) in [5, 5.41) is 10.1. The maximum absolute atomic E-state index is 9.49. The average Bonchev–Trinajstić information content (AvgIpc) is 2.17. The van der Waals surface area contributed by atoms with E-state index < -0.39 is 0 Å². The number of hydrogen-bond donors (Lipinski definition) is 1. The second-order valence-electron chi connectivity index (χ2n) is 2.53. The molecular formula is C9H10Br2O. The first-order valence-electron chi connectivity index (χ1n) is 3.68. The molecule has 0 aromatic heterocycles. The van der Waals surface area contributed by atoms with Crippen LogP contribution in [0, 0.1) is 0 Å². The van der Waals surface area contributed by atoms with Crippen molar-refractivity contribution in [1.82, 2.24) is 0 Å². The average molecular weight is 294 g/mol. The fourth-order valence-electron chi connectivity index (χ4n) is 0.937. The van der Waals surface area contributed by atoms with Gasteiger partial charge < -0.3 is 5.11 Å². The van der Waals surface area contributed by atoms with Gasteiger partial charge in [0.2, 0.25) is 0 Å². The van der Waals surface area contributed by atoms with Crippen molar-refractivity contribution in [3.63, 3.8) is 0 Å². The Morgan fingerprint density at radius 1 is 1.25 bits per heavy atom. The lowest BCUT2D eigenvalue weighted by molar-refractivity contribution is 0.200. The number of halogens is 2. The van der Waals surface area contributed by atoms with E-state index in [-0.39, 0.29) is 10.9 Å². The topological polar surface area (TPSA) is 20.2 Å². The highest BCUT2D eigenvalue weighted by Crippen LogP contribution is 2.26. The molecule has 12 heavy (non-hydrogen) atoms. The Morgan fingerprint density at radius 3 is 2.33 bits per heavy atom. The second-order valence-corrected chi connectivity index (χ2v) is 4.17. The summed E-state index contributed by atoms with van der Waals surface area (Å²) in [4.78, 5) is 0.0121. The van der Waals surface area contributed by atoms with E-state index in [0.717, 1.165) is 5.56 Å². The molecule has 0 spiro atoms. The van der Waals surface area contributed by atoms with Gasteiger partial charge in [0.1, 0.15) is 0 Å². The van der Waals surface area contributed by atoms with Crippen molar-refractivity contribution in [2.45, 2.75) is 10.9 Å². The summed E-state index contributed by atoms with van der Waals surface area (Å²) < 4.78 is 0. The van der Waals surface area contributed by atoms with Gasteiger partial charge in [0.05, 0.1) is 10.9 Å². The van der Waals surface area contributed by atoms with Crippen LogP contribution >= 0.6 is 31.9 Å². The van der Waals surface area contributed by atoms with E-state index in [1.165, 1.54) is 0 Å². The zero-order chi connectivity index (χ0) is 8.97. The molecule has 0 bridgehead atoms. The van der Waals surface area contributed by atoms with Crippen molar-refractivity contribution in [2.75, 3.05) is 5.33 Å². The quantitative estimate of drug-likeness (QED) is 0.850. The molecule has 1 aromatic carbocycles. The molecule has 1 N–H and O–H groups in total. The van der Waals surface area contributed by atoms with Gasteiger partial charge in [-0.05, 0) is 5.56 Å². The van der Waals surface area contributed by atoms with E-state index in [4.69, 9.17) is 0 Å². The maximum atomic E-state index is 9.49. The molecule has 0 unspecified atom stereocenters. The van der Waals surface area contributed by atoms with Crippen molar-refractivity contribution >= 4 is 31.9 Å². The summed E-state index contributed by atoms with van der Waals surface area (Å²) >= 11 is 6.66. The third-order valence-electron chi connectivity index (χ3n) is 1.61. The van der Waals surface area contributed by atoms with Gasteiger partial charge in [-0.25, -0.2) is 0 Å².